The average Bonchev–Trinajstić information content (AvgIpc) is 3.51. The Kier molecular flexibility index (Phi) is 11.8. The van der Waals surface area contributed by atoms with Crippen molar-refractivity contribution in [3.05, 3.63) is 71.9 Å². The molecule has 2 aromatic carbocycles. The molecule has 3 aliphatic heterocycles. The number of likely N-dealkylation sites (tertiary alicyclic amines) is 1. The molecule has 1 saturated heterocycles. The van der Waals surface area contributed by atoms with Crippen LogP contribution >= 0.6 is 0 Å². The van der Waals surface area contributed by atoms with Crippen molar-refractivity contribution >= 4 is 29.7 Å². The Hall–Kier alpha value is -4.18. The number of ether oxygens (including phenoxy) is 1. The van der Waals surface area contributed by atoms with E-state index in [1.165, 1.54) is 0 Å². The van der Waals surface area contributed by atoms with Gasteiger partial charge in [-0.05, 0) is 73.9 Å². The van der Waals surface area contributed by atoms with Crippen LogP contribution in [0.3, 0.4) is 0 Å². The number of nitrogens with zero attached hydrogens (tertiary/aromatic N) is 1. The predicted molar refractivity (Wildman–Crippen MR) is 174 cm³/mol. The van der Waals surface area contributed by atoms with Gasteiger partial charge in [0.15, 0.2) is 0 Å². The number of likely N-dealkylation sites (N-methyl/N-ethyl adjacent to an activating group) is 1. The van der Waals surface area contributed by atoms with E-state index in [4.69, 9.17) is 4.74 Å². The Balaban J connectivity index is 1.61. The van der Waals surface area contributed by atoms with E-state index in [9.17, 15) is 19.2 Å². The molecule has 1 fully saturated rings. The zero-order valence-electron chi connectivity index (χ0n) is 26.9. The predicted octanol–water partition coefficient (Wildman–Crippen LogP) is 3.03. The minimum absolute atomic E-state index is 0.120. The summed E-state index contributed by atoms with van der Waals surface area (Å²) in [6.07, 6.45) is 4.62. The summed E-state index contributed by atoms with van der Waals surface area (Å²) in [6, 6.07) is 13.9. The van der Waals surface area contributed by atoms with Crippen molar-refractivity contribution in [3.8, 4) is 5.75 Å². The third-order valence-electron chi connectivity index (χ3n) is 8.33. The van der Waals surface area contributed by atoms with Gasteiger partial charge in [0.2, 0.25) is 23.6 Å². The third kappa shape index (κ3) is 8.94. The summed E-state index contributed by atoms with van der Waals surface area (Å²) in [4.78, 5) is 56.5. The summed E-state index contributed by atoms with van der Waals surface area (Å²) >= 11 is 0. The van der Waals surface area contributed by atoms with Crippen LogP contribution in [0.15, 0.2) is 60.8 Å². The summed E-state index contributed by atoms with van der Waals surface area (Å²) in [5, 5.41) is 11.8. The molecule has 45 heavy (non-hydrogen) atoms. The summed E-state index contributed by atoms with van der Waals surface area (Å²) in [6.45, 7) is 8.23. The first-order chi connectivity index (χ1) is 21.6. The Labute approximate surface area is 266 Å². The van der Waals surface area contributed by atoms with Gasteiger partial charge in [-0.3, -0.25) is 19.2 Å². The average molecular weight is 618 g/mol. The van der Waals surface area contributed by atoms with Gasteiger partial charge >= 0.3 is 0 Å². The second kappa shape index (κ2) is 15.7. The standard InChI is InChI=1S/C35H47N5O5/c1-22(2)20-27-32(41)37-18-17-24-13-15-26(16-14-24)45-31(23(3)4)30(34(43)38-27)39-33(42)29-12-9-19-40(29)35(44)28(36-5)21-25-10-7-6-8-11-25/h6-8,10-11,13-18,22-23,27-31,36H,9,12,19-21H2,1-5H3,(H,37,41)(H,38,43)(H,39,42)/b18-17-/t27-,28-,29-,30-,31+/m0/s1. The first kappa shape index (κ1) is 33.7. The number of hydrogen-bond donors (Lipinski definition) is 4. The molecule has 0 aromatic heterocycles. The van der Waals surface area contributed by atoms with Crippen LogP contribution in [0.5, 0.6) is 5.75 Å². The Morgan fingerprint density at radius 3 is 2.36 bits per heavy atom. The van der Waals surface area contributed by atoms with Crippen molar-refractivity contribution in [1.29, 1.82) is 0 Å². The second-order valence-electron chi connectivity index (χ2n) is 12.6. The maximum absolute atomic E-state index is 14.0. The molecular weight excluding hydrogens is 570 g/mol. The molecule has 0 spiro atoms. The molecule has 3 heterocycles. The van der Waals surface area contributed by atoms with Gasteiger partial charge in [-0.15, -0.1) is 0 Å². The van der Waals surface area contributed by atoms with E-state index in [1.54, 1.807) is 36.4 Å². The fourth-order valence-corrected chi connectivity index (χ4v) is 5.90. The number of carbonyl (C=O) groups is 4. The maximum Gasteiger partial charge on any atom is 0.247 e. The molecule has 4 amide bonds. The Morgan fingerprint density at radius 1 is 1.00 bits per heavy atom. The van der Waals surface area contributed by atoms with Crippen LogP contribution in [-0.2, 0) is 25.6 Å². The van der Waals surface area contributed by atoms with Crippen LogP contribution < -0.4 is 26.0 Å². The summed E-state index contributed by atoms with van der Waals surface area (Å²) in [5.41, 5.74) is 1.88. The fraction of sp³-hybridized carbons (Fsp3) is 0.486. The fourth-order valence-electron chi connectivity index (χ4n) is 5.90. The van der Waals surface area contributed by atoms with Crippen molar-refractivity contribution in [1.82, 2.24) is 26.2 Å². The van der Waals surface area contributed by atoms with Crippen LogP contribution in [-0.4, -0.2) is 72.4 Å². The van der Waals surface area contributed by atoms with Crippen LogP contribution in [0.25, 0.3) is 6.08 Å². The second-order valence-corrected chi connectivity index (χ2v) is 12.6. The third-order valence-corrected chi connectivity index (χ3v) is 8.33. The lowest BCUT2D eigenvalue weighted by Crippen LogP contribution is -2.62. The molecule has 5 atom stereocenters. The molecule has 0 saturated carbocycles. The molecule has 3 aliphatic rings. The van der Waals surface area contributed by atoms with E-state index in [-0.39, 0.29) is 23.7 Å². The molecule has 10 nitrogen and oxygen atoms in total. The van der Waals surface area contributed by atoms with Gasteiger partial charge in [-0.25, -0.2) is 0 Å². The molecule has 0 aliphatic carbocycles. The largest absolute Gasteiger partial charge is 0.487 e. The first-order valence-electron chi connectivity index (χ1n) is 15.9. The van der Waals surface area contributed by atoms with E-state index >= 15 is 0 Å². The smallest absolute Gasteiger partial charge is 0.247 e. The number of amides is 4. The highest BCUT2D eigenvalue weighted by atomic mass is 16.5. The SMILES string of the molecule is CN[C@@H](Cc1ccccc1)C(=O)N1CCC[C@H]1C(=O)N[C@@H]1C(=O)N[C@@H](CC(C)C)C(=O)N/C=C\c2ccc(cc2)O[C@@H]1C(C)C. The Bertz CT molecular complexity index is 1340. The van der Waals surface area contributed by atoms with Crippen molar-refractivity contribution in [2.24, 2.45) is 11.8 Å². The number of fused-ring (bicyclic) bond motifs is 10. The highest BCUT2D eigenvalue weighted by Crippen LogP contribution is 2.23. The lowest BCUT2D eigenvalue weighted by molar-refractivity contribution is -0.142. The molecular formula is C35H47N5O5. The van der Waals surface area contributed by atoms with Gasteiger partial charge in [-0.1, -0.05) is 70.2 Å². The molecule has 2 aromatic rings. The van der Waals surface area contributed by atoms with Crippen molar-refractivity contribution in [2.45, 2.75) is 83.6 Å². The molecule has 10 heteroatoms. The number of carbonyl (C=O) groups excluding carboxylic acids is 4. The van der Waals surface area contributed by atoms with Gasteiger partial charge in [0.25, 0.3) is 0 Å². The van der Waals surface area contributed by atoms with E-state index in [0.717, 1.165) is 11.1 Å². The zero-order valence-corrected chi connectivity index (χ0v) is 26.9. The lowest BCUT2D eigenvalue weighted by Gasteiger charge is -2.34. The minimum atomic E-state index is -1.12. The molecule has 242 valence electrons. The van der Waals surface area contributed by atoms with Gasteiger partial charge in [0.05, 0.1) is 6.04 Å². The minimum Gasteiger partial charge on any atom is -0.487 e. The van der Waals surface area contributed by atoms with Gasteiger partial charge in [-0.2, -0.15) is 0 Å². The topological polar surface area (TPSA) is 129 Å². The van der Waals surface area contributed by atoms with Gasteiger partial charge in [0.1, 0.15) is 30.0 Å². The van der Waals surface area contributed by atoms with Gasteiger partial charge < -0.3 is 30.9 Å². The monoisotopic (exact) mass is 617 g/mol. The Morgan fingerprint density at radius 2 is 1.71 bits per heavy atom. The summed E-state index contributed by atoms with van der Waals surface area (Å²) in [7, 11) is 1.74. The molecule has 2 bridgehead atoms. The number of benzene rings is 2. The number of rotatable bonds is 9. The van der Waals surface area contributed by atoms with Gasteiger partial charge in [0, 0.05) is 12.7 Å². The van der Waals surface area contributed by atoms with E-state index in [1.807, 2.05) is 70.2 Å². The highest BCUT2D eigenvalue weighted by molar-refractivity contribution is 5.95. The van der Waals surface area contributed by atoms with E-state index < -0.39 is 42.1 Å². The van der Waals surface area contributed by atoms with Crippen LogP contribution in [0.2, 0.25) is 0 Å². The summed E-state index contributed by atoms with van der Waals surface area (Å²) in [5.74, 6) is -0.969. The van der Waals surface area contributed by atoms with Crippen LogP contribution in [0, 0.1) is 11.8 Å². The van der Waals surface area contributed by atoms with Crippen LogP contribution in [0.4, 0.5) is 0 Å². The lowest BCUT2D eigenvalue weighted by atomic mass is 9.96. The highest BCUT2D eigenvalue weighted by Gasteiger charge is 2.41. The van der Waals surface area contributed by atoms with Crippen molar-refractivity contribution < 1.29 is 23.9 Å². The van der Waals surface area contributed by atoms with Crippen molar-refractivity contribution in [3.63, 3.8) is 0 Å². The maximum atomic E-state index is 14.0. The normalized spacial score (nSPS) is 23.6. The first-order valence-corrected chi connectivity index (χ1v) is 15.9. The molecule has 4 N–H and O–H groups in total. The van der Waals surface area contributed by atoms with E-state index in [2.05, 4.69) is 21.3 Å². The number of hydrogen-bond acceptors (Lipinski definition) is 6. The van der Waals surface area contributed by atoms with Crippen LogP contribution in [0.1, 0.15) is 58.1 Å². The molecule has 0 radical (unpaired) electrons. The molecule has 5 rings (SSSR count). The molecule has 0 unspecified atom stereocenters. The van der Waals surface area contributed by atoms with Crippen molar-refractivity contribution in [2.75, 3.05) is 13.6 Å². The zero-order chi connectivity index (χ0) is 32.5. The van der Waals surface area contributed by atoms with E-state index in [0.29, 0.717) is 38.0 Å². The quantitative estimate of drug-likeness (QED) is 0.343. The summed E-state index contributed by atoms with van der Waals surface area (Å²) < 4.78 is 6.37. The number of nitrogens with one attached hydrogen (secondary N) is 4.